The molecular formula is C14H17FN2O2. The summed E-state index contributed by atoms with van der Waals surface area (Å²) in [5.41, 5.74) is 0.845. The number of carbonyl (C=O) groups excluding carboxylic acids is 2. The zero-order chi connectivity index (χ0) is 14.2. The van der Waals surface area contributed by atoms with Crippen molar-refractivity contribution < 1.29 is 14.0 Å². The second kappa shape index (κ2) is 4.99. The first-order chi connectivity index (χ1) is 8.97. The van der Waals surface area contributed by atoms with Gasteiger partial charge in [-0.2, -0.15) is 0 Å². The van der Waals surface area contributed by atoms with Crippen LogP contribution in [0.4, 0.5) is 10.1 Å². The lowest BCUT2D eigenvalue weighted by Gasteiger charge is -2.37. The Morgan fingerprint density at radius 3 is 2.68 bits per heavy atom. The maximum atomic E-state index is 13.6. The maximum Gasteiger partial charge on any atom is 0.250 e. The van der Waals surface area contributed by atoms with Crippen LogP contribution in [0, 0.1) is 12.7 Å². The van der Waals surface area contributed by atoms with Gasteiger partial charge in [0.25, 0.3) is 0 Å². The average molecular weight is 264 g/mol. The van der Waals surface area contributed by atoms with Gasteiger partial charge in [-0.1, -0.05) is 13.0 Å². The number of hydrogen-bond donors (Lipinski definition) is 1. The molecule has 2 amide bonds. The van der Waals surface area contributed by atoms with Gasteiger partial charge in [0.1, 0.15) is 17.9 Å². The Kier molecular flexibility index (Phi) is 3.55. The van der Waals surface area contributed by atoms with Crippen molar-refractivity contribution in [2.24, 2.45) is 0 Å². The smallest absolute Gasteiger partial charge is 0.250 e. The van der Waals surface area contributed by atoms with Crippen LogP contribution in [0.15, 0.2) is 18.2 Å². The Morgan fingerprint density at radius 1 is 1.37 bits per heavy atom. The molecule has 1 aromatic carbocycles. The molecule has 0 spiro atoms. The van der Waals surface area contributed by atoms with Gasteiger partial charge in [0.15, 0.2) is 0 Å². The highest BCUT2D eigenvalue weighted by atomic mass is 19.1. The summed E-state index contributed by atoms with van der Waals surface area (Å²) in [4.78, 5) is 25.6. The van der Waals surface area contributed by atoms with E-state index in [1.165, 1.54) is 11.0 Å². The second-order valence-corrected chi connectivity index (χ2v) is 4.74. The van der Waals surface area contributed by atoms with Gasteiger partial charge in [0.2, 0.25) is 11.8 Å². The zero-order valence-electron chi connectivity index (χ0n) is 11.2. The average Bonchev–Trinajstić information content (AvgIpc) is 2.39. The lowest BCUT2D eigenvalue weighted by Crippen LogP contribution is -2.62. The highest BCUT2D eigenvalue weighted by Crippen LogP contribution is 2.27. The number of piperazine rings is 1. The van der Waals surface area contributed by atoms with E-state index < -0.39 is 12.1 Å². The Balaban J connectivity index is 2.48. The summed E-state index contributed by atoms with van der Waals surface area (Å²) in [5.74, 6) is -0.782. The van der Waals surface area contributed by atoms with Gasteiger partial charge in [-0.15, -0.1) is 0 Å². The fraction of sp³-hybridized carbons (Fsp3) is 0.429. The molecule has 1 N–H and O–H groups in total. The molecule has 0 bridgehead atoms. The molecule has 1 aromatic rings. The predicted octanol–water partition coefficient (Wildman–Crippen LogP) is 1.76. The highest BCUT2D eigenvalue weighted by molar-refractivity contribution is 6.08. The van der Waals surface area contributed by atoms with Crippen LogP contribution in [0.3, 0.4) is 0 Å². The van der Waals surface area contributed by atoms with Crippen LogP contribution in [0.1, 0.15) is 25.8 Å². The molecule has 2 atom stereocenters. The molecule has 2 rings (SSSR count). The van der Waals surface area contributed by atoms with Crippen LogP contribution >= 0.6 is 0 Å². The van der Waals surface area contributed by atoms with Crippen LogP contribution in [0.25, 0.3) is 0 Å². The van der Waals surface area contributed by atoms with E-state index in [-0.39, 0.29) is 17.6 Å². The summed E-state index contributed by atoms with van der Waals surface area (Å²) in [6.07, 6.45) is 0.516. The zero-order valence-corrected chi connectivity index (χ0v) is 11.2. The minimum absolute atomic E-state index is 0.191. The minimum Gasteiger partial charge on any atom is -0.343 e. The lowest BCUT2D eigenvalue weighted by atomic mass is 10.0. The van der Waals surface area contributed by atoms with Gasteiger partial charge in [-0.05, 0) is 32.4 Å². The molecule has 102 valence electrons. The number of amides is 2. The van der Waals surface area contributed by atoms with Crippen molar-refractivity contribution in [3.63, 3.8) is 0 Å². The van der Waals surface area contributed by atoms with Crippen molar-refractivity contribution in [1.82, 2.24) is 5.32 Å². The molecule has 1 aliphatic rings. The molecule has 0 aromatic heterocycles. The molecule has 0 aliphatic carbocycles. The van der Waals surface area contributed by atoms with E-state index in [2.05, 4.69) is 5.32 Å². The number of nitrogens with zero attached hydrogens (tertiary/aromatic N) is 1. The summed E-state index contributed by atoms with van der Waals surface area (Å²) in [7, 11) is 0. The topological polar surface area (TPSA) is 49.4 Å². The Morgan fingerprint density at radius 2 is 2.05 bits per heavy atom. The Bertz CT molecular complexity index is 530. The van der Waals surface area contributed by atoms with Crippen molar-refractivity contribution in [3.8, 4) is 0 Å². The molecule has 1 saturated heterocycles. The van der Waals surface area contributed by atoms with Crippen molar-refractivity contribution >= 4 is 17.5 Å². The number of halogens is 1. The van der Waals surface area contributed by atoms with E-state index in [1.54, 1.807) is 26.0 Å². The van der Waals surface area contributed by atoms with E-state index in [0.717, 1.165) is 0 Å². The molecule has 19 heavy (non-hydrogen) atoms. The first kappa shape index (κ1) is 13.5. The largest absolute Gasteiger partial charge is 0.343 e. The van der Waals surface area contributed by atoms with E-state index >= 15 is 0 Å². The highest BCUT2D eigenvalue weighted by Gasteiger charge is 2.38. The van der Waals surface area contributed by atoms with Gasteiger partial charge >= 0.3 is 0 Å². The van der Waals surface area contributed by atoms with Crippen LogP contribution < -0.4 is 10.2 Å². The second-order valence-electron chi connectivity index (χ2n) is 4.74. The molecule has 0 radical (unpaired) electrons. The summed E-state index contributed by atoms with van der Waals surface area (Å²) < 4.78 is 13.6. The number of hydrogen-bond acceptors (Lipinski definition) is 2. The maximum absolute atomic E-state index is 13.6. The Labute approximate surface area is 111 Å². The van der Waals surface area contributed by atoms with Crippen molar-refractivity contribution in [1.29, 1.82) is 0 Å². The van der Waals surface area contributed by atoms with Gasteiger partial charge in [0, 0.05) is 5.56 Å². The van der Waals surface area contributed by atoms with Crippen LogP contribution in [-0.2, 0) is 9.59 Å². The first-order valence-corrected chi connectivity index (χ1v) is 6.36. The van der Waals surface area contributed by atoms with Gasteiger partial charge in [-0.3, -0.25) is 14.5 Å². The van der Waals surface area contributed by atoms with E-state index in [1.807, 2.05) is 6.92 Å². The van der Waals surface area contributed by atoms with Gasteiger partial charge in [0.05, 0.1) is 5.69 Å². The predicted molar refractivity (Wildman–Crippen MR) is 70.3 cm³/mol. The van der Waals surface area contributed by atoms with Crippen LogP contribution in [0.5, 0.6) is 0 Å². The normalized spacial score (nSPS) is 23.5. The molecule has 4 nitrogen and oxygen atoms in total. The van der Waals surface area contributed by atoms with Gasteiger partial charge in [-0.25, -0.2) is 4.39 Å². The van der Waals surface area contributed by atoms with E-state index in [9.17, 15) is 14.0 Å². The van der Waals surface area contributed by atoms with Crippen LogP contribution in [0.2, 0.25) is 0 Å². The summed E-state index contributed by atoms with van der Waals surface area (Å²) in [6.45, 7) is 5.08. The molecule has 5 heteroatoms. The Hall–Kier alpha value is -1.91. The summed E-state index contributed by atoms with van der Waals surface area (Å²) in [5, 5.41) is 2.68. The quantitative estimate of drug-likeness (QED) is 0.885. The SMILES string of the molecule is CCC1NC(=O)C(C)N(c2cccc(F)c2C)C1=O. The molecule has 1 aliphatic heterocycles. The van der Waals surface area contributed by atoms with Crippen molar-refractivity contribution in [2.75, 3.05) is 4.90 Å². The lowest BCUT2D eigenvalue weighted by molar-refractivity contribution is -0.133. The minimum atomic E-state index is -0.629. The molecule has 2 unspecified atom stereocenters. The van der Waals surface area contributed by atoms with Gasteiger partial charge < -0.3 is 5.32 Å². The fourth-order valence-corrected chi connectivity index (χ4v) is 2.29. The van der Waals surface area contributed by atoms with E-state index in [0.29, 0.717) is 17.7 Å². The third kappa shape index (κ3) is 2.20. The van der Waals surface area contributed by atoms with Crippen molar-refractivity contribution in [2.45, 2.75) is 39.3 Å². The standard InChI is InChI=1S/C14H17FN2O2/c1-4-11-14(19)17(9(3)13(18)16-11)12-7-5-6-10(15)8(12)2/h5-7,9,11H,4H2,1-3H3,(H,16,18). The third-order valence-electron chi connectivity index (χ3n) is 3.53. The number of carbonyl (C=O) groups is 2. The fourth-order valence-electron chi connectivity index (χ4n) is 2.29. The molecular weight excluding hydrogens is 247 g/mol. The number of anilines is 1. The van der Waals surface area contributed by atoms with Crippen LogP contribution in [-0.4, -0.2) is 23.9 Å². The monoisotopic (exact) mass is 264 g/mol. The van der Waals surface area contributed by atoms with E-state index in [4.69, 9.17) is 0 Å². The number of rotatable bonds is 2. The van der Waals surface area contributed by atoms with Crippen molar-refractivity contribution in [3.05, 3.63) is 29.6 Å². The first-order valence-electron chi connectivity index (χ1n) is 6.36. The number of nitrogens with one attached hydrogen (secondary N) is 1. The molecule has 1 heterocycles. The number of benzene rings is 1. The summed E-state index contributed by atoms with van der Waals surface area (Å²) >= 11 is 0. The summed E-state index contributed by atoms with van der Waals surface area (Å²) in [6, 6.07) is 3.39. The molecule has 0 saturated carbocycles. The molecule has 1 fully saturated rings. The third-order valence-corrected chi connectivity index (χ3v) is 3.53.